The van der Waals surface area contributed by atoms with E-state index >= 15 is 0 Å². The lowest BCUT2D eigenvalue weighted by molar-refractivity contribution is -0.141. The fourth-order valence-corrected chi connectivity index (χ4v) is 1.93. The molecule has 0 saturated carbocycles. The smallest absolute Gasteiger partial charge is 0.295 e. The first-order valence-corrected chi connectivity index (χ1v) is 6.00. The Morgan fingerprint density at radius 2 is 1.85 bits per heavy atom. The van der Waals surface area contributed by atoms with Crippen LogP contribution in [0.2, 0.25) is 5.02 Å². The molecule has 0 bridgehead atoms. The van der Waals surface area contributed by atoms with Crippen molar-refractivity contribution in [2.75, 3.05) is 0 Å². The van der Waals surface area contributed by atoms with Crippen molar-refractivity contribution < 1.29 is 18.0 Å². The predicted octanol–water partition coefficient (Wildman–Crippen LogP) is 4.62. The van der Waals surface area contributed by atoms with E-state index in [1.165, 1.54) is 19.1 Å². The summed E-state index contributed by atoms with van der Waals surface area (Å²) in [4.78, 5) is 14.7. The third kappa shape index (κ3) is 3.17. The van der Waals surface area contributed by atoms with Crippen LogP contribution in [0.25, 0.3) is 11.1 Å². The number of nitrogens with zero attached hydrogens (tertiary/aromatic N) is 1. The van der Waals surface area contributed by atoms with Crippen LogP contribution in [0, 0.1) is 0 Å². The number of hydrogen-bond donors (Lipinski definition) is 0. The Labute approximate surface area is 118 Å². The fourth-order valence-electron chi connectivity index (χ4n) is 1.69. The van der Waals surface area contributed by atoms with E-state index < -0.39 is 11.9 Å². The number of benzene rings is 1. The van der Waals surface area contributed by atoms with Crippen LogP contribution in [0.3, 0.4) is 0 Å². The average Bonchev–Trinajstić information content (AvgIpc) is 2.37. The predicted molar refractivity (Wildman–Crippen MR) is 69.7 cm³/mol. The fraction of sp³-hybridized carbons (Fsp3) is 0.143. The maximum absolute atomic E-state index is 12.4. The topological polar surface area (TPSA) is 30.0 Å². The van der Waals surface area contributed by atoms with Crippen molar-refractivity contribution in [3.63, 3.8) is 0 Å². The number of carbonyl (C=O) groups is 1. The molecule has 1 heterocycles. The quantitative estimate of drug-likeness (QED) is 0.757. The van der Waals surface area contributed by atoms with E-state index in [4.69, 9.17) is 11.6 Å². The van der Waals surface area contributed by atoms with E-state index in [0.29, 0.717) is 21.7 Å². The molecule has 0 saturated heterocycles. The lowest BCUT2D eigenvalue weighted by Crippen LogP contribution is -2.07. The van der Waals surface area contributed by atoms with Gasteiger partial charge in [-0.15, -0.1) is 0 Å². The molecule has 0 atom stereocenters. The van der Waals surface area contributed by atoms with Crippen molar-refractivity contribution in [3.8, 4) is 11.1 Å². The molecule has 104 valence electrons. The molecule has 0 aliphatic rings. The van der Waals surface area contributed by atoms with E-state index in [2.05, 4.69) is 4.98 Å². The normalized spacial score (nSPS) is 11.4. The van der Waals surface area contributed by atoms with E-state index in [1.807, 2.05) is 0 Å². The number of aromatic nitrogens is 1. The van der Waals surface area contributed by atoms with Crippen LogP contribution in [-0.2, 0) is 6.18 Å². The Bertz CT molecular complexity index is 650. The number of carbonyl (C=O) groups excluding carboxylic acids is 1. The first-order chi connectivity index (χ1) is 9.27. The second kappa shape index (κ2) is 5.25. The lowest BCUT2D eigenvalue weighted by atomic mass is 10.0. The van der Waals surface area contributed by atoms with E-state index in [1.54, 1.807) is 12.1 Å². The lowest BCUT2D eigenvalue weighted by Gasteiger charge is -2.08. The first-order valence-electron chi connectivity index (χ1n) is 5.62. The molecule has 0 amide bonds. The van der Waals surface area contributed by atoms with Gasteiger partial charge in [-0.05, 0) is 36.8 Å². The number of rotatable bonds is 2. The zero-order valence-electron chi connectivity index (χ0n) is 10.3. The van der Waals surface area contributed by atoms with Gasteiger partial charge in [0.2, 0.25) is 0 Å². The monoisotopic (exact) mass is 299 g/mol. The molecular weight excluding hydrogens is 291 g/mol. The molecule has 1 aromatic heterocycles. The van der Waals surface area contributed by atoms with Gasteiger partial charge in [-0.25, -0.2) is 0 Å². The Kier molecular flexibility index (Phi) is 3.81. The molecule has 0 N–H and O–H groups in total. The molecule has 0 spiro atoms. The molecule has 2 nitrogen and oxygen atoms in total. The molecule has 0 radical (unpaired) electrons. The SMILES string of the molecule is CC(=O)c1cc(Cl)cc(-c2ccc(C(F)(F)F)nc2)c1. The van der Waals surface area contributed by atoms with Gasteiger partial charge in [0, 0.05) is 22.3 Å². The van der Waals surface area contributed by atoms with Gasteiger partial charge >= 0.3 is 6.18 Å². The Hall–Kier alpha value is -1.88. The summed E-state index contributed by atoms with van der Waals surface area (Å²) in [5.74, 6) is -0.173. The highest BCUT2D eigenvalue weighted by Crippen LogP contribution is 2.30. The molecular formula is C14H9ClF3NO. The Morgan fingerprint density at radius 1 is 1.15 bits per heavy atom. The summed E-state index contributed by atoms with van der Waals surface area (Å²) in [6.45, 7) is 1.39. The number of hydrogen-bond acceptors (Lipinski definition) is 2. The van der Waals surface area contributed by atoms with E-state index in [0.717, 1.165) is 12.3 Å². The van der Waals surface area contributed by atoms with Gasteiger partial charge in [0.05, 0.1) is 0 Å². The number of ketones is 1. The summed E-state index contributed by atoms with van der Waals surface area (Å²) in [5.41, 5.74) is 0.439. The van der Waals surface area contributed by atoms with Crippen LogP contribution in [-0.4, -0.2) is 10.8 Å². The minimum absolute atomic E-state index is 0.173. The van der Waals surface area contributed by atoms with Crippen LogP contribution >= 0.6 is 11.6 Å². The van der Waals surface area contributed by atoms with Gasteiger partial charge in [0.15, 0.2) is 5.78 Å². The molecule has 0 unspecified atom stereocenters. The zero-order chi connectivity index (χ0) is 14.9. The molecule has 6 heteroatoms. The first kappa shape index (κ1) is 14.5. The van der Waals surface area contributed by atoms with Crippen LogP contribution in [0.5, 0.6) is 0 Å². The van der Waals surface area contributed by atoms with Crippen molar-refractivity contribution >= 4 is 17.4 Å². The molecule has 20 heavy (non-hydrogen) atoms. The summed E-state index contributed by atoms with van der Waals surface area (Å²) in [6, 6.07) is 6.83. The second-order valence-electron chi connectivity index (χ2n) is 4.21. The number of pyridine rings is 1. The molecule has 0 aliphatic heterocycles. The van der Waals surface area contributed by atoms with Crippen molar-refractivity contribution in [1.82, 2.24) is 4.98 Å². The highest BCUT2D eigenvalue weighted by Gasteiger charge is 2.32. The van der Waals surface area contributed by atoms with Crippen LogP contribution < -0.4 is 0 Å². The highest BCUT2D eigenvalue weighted by atomic mass is 35.5. The van der Waals surface area contributed by atoms with Gasteiger partial charge < -0.3 is 0 Å². The van der Waals surface area contributed by atoms with E-state index in [9.17, 15) is 18.0 Å². The summed E-state index contributed by atoms with van der Waals surface area (Å²) in [6.07, 6.45) is -3.37. The third-order valence-electron chi connectivity index (χ3n) is 2.69. The Balaban J connectivity index is 2.44. The summed E-state index contributed by atoms with van der Waals surface area (Å²) in [7, 11) is 0. The van der Waals surface area contributed by atoms with Gasteiger partial charge in [0.25, 0.3) is 0 Å². The average molecular weight is 300 g/mol. The van der Waals surface area contributed by atoms with Crippen molar-refractivity contribution in [1.29, 1.82) is 0 Å². The number of halogens is 4. The molecule has 2 rings (SSSR count). The van der Waals surface area contributed by atoms with Crippen LogP contribution in [0.1, 0.15) is 23.0 Å². The van der Waals surface area contributed by atoms with Gasteiger partial charge in [-0.3, -0.25) is 9.78 Å². The number of alkyl halides is 3. The summed E-state index contributed by atoms with van der Waals surface area (Å²) < 4.78 is 37.3. The van der Waals surface area contributed by atoms with Crippen LogP contribution in [0.15, 0.2) is 36.5 Å². The van der Waals surface area contributed by atoms with Gasteiger partial charge in [0.1, 0.15) is 5.69 Å². The minimum Gasteiger partial charge on any atom is -0.295 e. The molecule has 0 fully saturated rings. The standard InChI is InChI=1S/C14H9ClF3NO/c1-8(20)10-4-11(6-12(15)5-10)9-2-3-13(19-7-9)14(16,17)18/h2-7H,1H3. The van der Waals surface area contributed by atoms with Gasteiger partial charge in [-0.2, -0.15) is 13.2 Å². The van der Waals surface area contributed by atoms with Crippen molar-refractivity contribution in [3.05, 3.63) is 52.8 Å². The van der Waals surface area contributed by atoms with Crippen molar-refractivity contribution in [2.45, 2.75) is 13.1 Å². The largest absolute Gasteiger partial charge is 0.433 e. The maximum Gasteiger partial charge on any atom is 0.433 e. The zero-order valence-corrected chi connectivity index (χ0v) is 11.1. The second-order valence-corrected chi connectivity index (χ2v) is 4.65. The maximum atomic E-state index is 12.4. The molecule has 1 aromatic carbocycles. The van der Waals surface area contributed by atoms with E-state index in [-0.39, 0.29) is 5.78 Å². The third-order valence-corrected chi connectivity index (χ3v) is 2.91. The Morgan fingerprint density at radius 3 is 2.35 bits per heavy atom. The number of Topliss-reactive ketones (excluding diaryl/α,β-unsaturated/α-hetero) is 1. The van der Waals surface area contributed by atoms with Gasteiger partial charge in [-0.1, -0.05) is 17.7 Å². The minimum atomic E-state index is -4.47. The van der Waals surface area contributed by atoms with Crippen LogP contribution in [0.4, 0.5) is 13.2 Å². The molecule has 0 aliphatic carbocycles. The summed E-state index contributed by atoms with van der Waals surface area (Å²) >= 11 is 5.90. The summed E-state index contributed by atoms with van der Waals surface area (Å²) in [5, 5.41) is 0.340. The molecule has 2 aromatic rings. The highest BCUT2D eigenvalue weighted by molar-refractivity contribution is 6.31. The van der Waals surface area contributed by atoms with Crippen molar-refractivity contribution in [2.24, 2.45) is 0 Å².